The van der Waals surface area contributed by atoms with Gasteiger partial charge in [-0.3, -0.25) is 9.59 Å². The van der Waals surface area contributed by atoms with Crippen molar-refractivity contribution < 1.29 is 23.5 Å². The maximum atomic E-state index is 12.5. The average Bonchev–Trinajstić information content (AvgIpc) is 3.13. The molecule has 0 fully saturated rings. The van der Waals surface area contributed by atoms with Gasteiger partial charge in [-0.25, -0.2) is 4.79 Å². The lowest BCUT2D eigenvalue weighted by molar-refractivity contribution is -0.118. The molecule has 1 atom stereocenters. The maximum absolute atomic E-state index is 12.5. The fourth-order valence-corrected chi connectivity index (χ4v) is 3.81. The minimum absolute atomic E-state index is 0.0372. The average molecular weight is 448 g/mol. The summed E-state index contributed by atoms with van der Waals surface area (Å²) in [6.07, 6.45) is 2.19. The molecule has 0 aliphatic carbocycles. The van der Waals surface area contributed by atoms with Crippen molar-refractivity contribution in [2.45, 2.75) is 25.9 Å². The Morgan fingerprint density at radius 2 is 1.91 bits per heavy atom. The summed E-state index contributed by atoms with van der Waals surface area (Å²) < 4.78 is 15.6. The van der Waals surface area contributed by atoms with E-state index in [9.17, 15) is 14.4 Å². The van der Waals surface area contributed by atoms with E-state index < -0.39 is 11.9 Å². The second kappa shape index (κ2) is 9.60. The van der Waals surface area contributed by atoms with Crippen LogP contribution in [0.4, 0.5) is 11.4 Å². The van der Waals surface area contributed by atoms with E-state index >= 15 is 0 Å². The summed E-state index contributed by atoms with van der Waals surface area (Å²) in [5, 5.41) is 2.63. The number of ether oxygens (including phenoxy) is 2. The SMILES string of the molecule is COC(=O)c1ccc(NC(=O)COc2coc(CN3c4ccccc4C[C@@H]3C)cc2=O)cc1. The number of amides is 1. The maximum Gasteiger partial charge on any atom is 0.337 e. The van der Waals surface area contributed by atoms with E-state index in [-0.39, 0.29) is 17.8 Å². The van der Waals surface area contributed by atoms with Crippen LogP contribution >= 0.6 is 0 Å². The van der Waals surface area contributed by atoms with Crippen molar-refractivity contribution >= 4 is 23.3 Å². The van der Waals surface area contributed by atoms with Gasteiger partial charge in [-0.05, 0) is 49.2 Å². The summed E-state index contributed by atoms with van der Waals surface area (Å²) in [4.78, 5) is 38.3. The lowest BCUT2D eigenvalue weighted by atomic mass is 10.1. The number of nitrogens with zero attached hydrogens (tertiary/aromatic N) is 1. The van der Waals surface area contributed by atoms with Crippen LogP contribution in [-0.4, -0.2) is 31.6 Å². The Balaban J connectivity index is 1.34. The number of carbonyl (C=O) groups excluding carboxylic acids is 2. The monoisotopic (exact) mass is 448 g/mol. The second-order valence-corrected chi connectivity index (χ2v) is 7.79. The standard InChI is InChI=1S/C25H24N2O6/c1-16-11-18-5-3-4-6-21(18)27(16)13-20-12-22(28)23(14-32-20)33-15-24(29)26-19-9-7-17(8-10-19)25(30)31-2/h3-10,12,14,16H,11,13,15H2,1-2H3,(H,26,29)/t16-/m0/s1. The molecule has 1 aliphatic rings. The van der Waals surface area contributed by atoms with Gasteiger partial charge in [-0.1, -0.05) is 18.2 Å². The summed E-state index contributed by atoms with van der Waals surface area (Å²) in [5.74, 6) is -0.433. The van der Waals surface area contributed by atoms with Crippen molar-refractivity contribution in [2.24, 2.45) is 0 Å². The first-order chi connectivity index (χ1) is 15.9. The van der Waals surface area contributed by atoms with Gasteiger partial charge in [0.2, 0.25) is 11.2 Å². The predicted octanol–water partition coefficient (Wildman–Crippen LogP) is 3.40. The normalized spacial score (nSPS) is 14.5. The fraction of sp³-hybridized carbons (Fsp3) is 0.240. The van der Waals surface area contributed by atoms with E-state index in [1.807, 2.05) is 12.1 Å². The van der Waals surface area contributed by atoms with Gasteiger partial charge in [0.15, 0.2) is 6.61 Å². The Morgan fingerprint density at radius 1 is 1.15 bits per heavy atom. The number of carbonyl (C=O) groups is 2. The number of hydrogen-bond donors (Lipinski definition) is 1. The molecule has 0 saturated carbocycles. The number of nitrogens with one attached hydrogen (secondary N) is 1. The molecule has 0 radical (unpaired) electrons. The highest BCUT2D eigenvalue weighted by molar-refractivity contribution is 5.93. The molecule has 0 saturated heterocycles. The number of para-hydroxylation sites is 1. The molecular weight excluding hydrogens is 424 g/mol. The molecule has 0 unspecified atom stereocenters. The highest BCUT2D eigenvalue weighted by Crippen LogP contribution is 2.32. The fourth-order valence-electron chi connectivity index (χ4n) is 3.81. The van der Waals surface area contributed by atoms with Crippen molar-refractivity contribution in [3.63, 3.8) is 0 Å². The van der Waals surface area contributed by atoms with E-state index in [2.05, 4.69) is 34.0 Å². The van der Waals surface area contributed by atoms with Crippen LogP contribution in [0.25, 0.3) is 0 Å². The van der Waals surface area contributed by atoms with Crippen LogP contribution in [0.3, 0.4) is 0 Å². The van der Waals surface area contributed by atoms with E-state index in [4.69, 9.17) is 9.15 Å². The third-order valence-electron chi connectivity index (χ3n) is 5.48. The topological polar surface area (TPSA) is 98.1 Å². The van der Waals surface area contributed by atoms with Gasteiger partial charge in [0, 0.05) is 23.5 Å². The van der Waals surface area contributed by atoms with Gasteiger partial charge in [0.25, 0.3) is 5.91 Å². The molecule has 8 nitrogen and oxygen atoms in total. The number of hydrogen-bond acceptors (Lipinski definition) is 7. The molecule has 170 valence electrons. The van der Waals surface area contributed by atoms with Crippen LogP contribution in [0.15, 0.2) is 70.1 Å². The molecule has 4 rings (SSSR count). The van der Waals surface area contributed by atoms with E-state index in [1.54, 1.807) is 12.1 Å². The lowest BCUT2D eigenvalue weighted by Crippen LogP contribution is -2.29. The molecule has 0 bridgehead atoms. The lowest BCUT2D eigenvalue weighted by Gasteiger charge is -2.24. The largest absolute Gasteiger partial charge is 0.477 e. The summed E-state index contributed by atoms with van der Waals surface area (Å²) in [5.41, 5.74) is 2.92. The molecule has 0 spiro atoms. The minimum atomic E-state index is -0.463. The van der Waals surface area contributed by atoms with Crippen molar-refractivity contribution in [1.82, 2.24) is 0 Å². The smallest absolute Gasteiger partial charge is 0.337 e. The van der Waals surface area contributed by atoms with Gasteiger partial charge < -0.3 is 24.1 Å². The van der Waals surface area contributed by atoms with Gasteiger partial charge in [0.1, 0.15) is 12.0 Å². The molecule has 3 aromatic rings. The zero-order valence-corrected chi connectivity index (χ0v) is 18.4. The molecule has 33 heavy (non-hydrogen) atoms. The number of rotatable bonds is 7. The van der Waals surface area contributed by atoms with Crippen LogP contribution < -0.4 is 20.4 Å². The Morgan fingerprint density at radius 3 is 2.64 bits per heavy atom. The summed E-state index contributed by atoms with van der Waals surface area (Å²) >= 11 is 0. The number of benzene rings is 2. The minimum Gasteiger partial charge on any atom is -0.477 e. The number of methoxy groups -OCH3 is 1. The molecule has 2 heterocycles. The molecule has 1 aliphatic heterocycles. The molecule has 1 amide bonds. The highest BCUT2D eigenvalue weighted by atomic mass is 16.5. The highest BCUT2D eigenvalue weighted by Gasteiger charge is 2.26. The number of anilines is 2. The Hall–Kier alpha value is -4.07. The summed E-state index contributed by atoms with van der Waals surface area (Å²) in [7, 11) is 1.30. The van der Waals surface area contributed by atoms with E-state index in [0.29, 0.717) is 29.6 Å². The first-order valence-corrected chi connectivity index (χ1v) is 10.5. The van der Waals surface area contributed by atoms with Gasteiger partial charge in [0.05, 0.1) is 19.2 Å². The number of fused-ring (bicyclic) bond motifs is 1. The second-order valence-electron chi connectivity index (χ2n) is 7.79. The molecule has 1 N–H and O–H groups in total. The van der Waals surface area contributed by atoms with Gasteiger partial charge >= 0.3 is 5.97 Å². The van der Waals surface area contributed by atoms with Gasteiger partial charge in [-0.15, -0.1) is 0 Å². The third-order valence-corrected chi connectivity index (χ3v) is 5.48. The molecule has 1 aromatic heterocycles. The zero-order chi connectivity index (χ0) is 23.4. The van der Waals surface area contributed by atoms with E-state index in [1.165, 1.54) is 37.1 Å². The molecule has 8 heteroatoms. The van der Waals surface area contributed by atoms with Crippen molar-refractivity contribution in [3.05, 3.63) is 88.0 Å². The summed E-state index contributed by atoms with van der Waals surface area (Å²) in [6, 6.07) is 16.1. The Bertz CT molecular complexity index is 1220. The Labute approximate surface area is 190 Å². The molecule has 2 aromatic carbocycles. The van der Waals surface area contributed by atoms with E-state index in [0.717, 1.165) is 12.1 Å². The third kappa shape index (κ3) is 5.06. The quantitative estimate of drug-likeness (QED) is 0.553. The van der Waals surface area contributed by atoms with Crippen LogP contribution in [0.5, 0.6) is 5.75 Å². The van der Waals surface area contributed by atoms with Crippen molar-refractivity contribution in [1.29, 1.82) is 0 Å². The van der Waals surface area contributed by atoms with Crippen LogP contribution in [0.2, 0.25) is 0 Å². The molecular formula is C25H24N2O6. The number of esters is 1. The predicted molar refractivity (Wildman–Crippen MR) is 123 cm³/mol. The van der Waals surface area contributed by atoms with Crippen LogP contribution in [0, 0.1) is 0 Å². The van der Waals surface area contributed by atoms with Crippen LogP contribution in [-0.2, 0) is 22.5 Å². The first kappa shape index (κ1) is 22.1. The van der Waals surface area contributed by atoms with Crippen molar-refractivity contribution in [3.8, 4) is 5.75 Å². The summed E-state index contributed by atoms with van der Waals surface area (Å²) in [6.45, 7) is 2.24. The zero-order valence-electron chi connectivity index (χ0n) is 18.4. The van der Waals surface area contributed by atoms with Crippen molar-refractivity contribution in [2.75, 3.05) is 23.9 Å². The van der Waals surface area contributed by atoms with Gasteiger partial charge in [-0.2, -0.15) is 0 Å². The Kier molecular flexibility index (Phi) is 6.44. The first-order valence-electron chi connectivity index (χ1n) is 10.5. The van der Waals surface area contributed by atoms with Crippen LogP contribution in [0.1, 0.15) is 28.6 Å².